The molecule has 1 atom stereocenters. The highest BCUT2D eigenvalue weighted by molar-refractivity contribution is 9.10. The van der Waals surface area contributed by atoms with Gasteiger partial charge in [-0.2, -0.15) is 0 Å². The second-order valence-corrected chi connectivity index (χ2v) is 5.16. The van der Waals surface area contributed by atoms with E-state index in [2.05, 4.69) is 21.2 Å². The third kappa shape index (κ3) is 2.91. The quantitative estimate of drug-likeness (QED) is 0.748. The predicted octanol–water partition coefficient (Wildman–Crippen LogP) is 0.761. The fourth-order valence-electron chi connectivity index (χ4n) is 1.65. The number of nitrogens with one attached hydrogen (secondary N) is 1. The predicted molar refractivity (Wildman–Crippen MR) is 66.4 cm³/mol. The molecule has 0 saturated heterocycles. The molecule has 1 amide bonds. The van der Waals surface area contributed by atoms with E-state index in [1.807, 2.05) is 10.8 Å². The molecule has 0 radical (unpaired) electrons. The maximum atomic E-state index is 11.9. The molecule has 3 N–H and O–H groups in total. The van der Waals surface area contributed by atoms with Crippen LogP contribution in [0.5, 0.6) is 0 Å². The number of aromatic nitrogens is 1. The highest BCUT2D eigenvalue weighted by Gasteiger charge is 2.28. The average Bonchev–Trinajstić information content (AvgIpc) is 3.08. The van der Waals surface area contributed by atoms with Crippen molar-refractivity contribution in [3.63, 3.8) is 0 Å². The normalized spacial score (nSPS) is 16.3. The van der Waals surface area contributed by atoms with Gasteiger partial charge in [0.25, 0.3) is 5.91 Å². The number of hydrogen-bond donors (Lipinski definition) is 3. The maximum absolute atomic E-state index is 11.9. The maximum Gasteiger partial charge on any atom is 0.334 e. The van der Waals surface area contributed by atoms with Crippen LogP contribution in [-0.4, -0.2) is 39.3 Å². The third-order valence-electron chi connectivity index (χ3n) is 2.73. The summed E-state index contributed by atoms with van der Waals surface area (Å²) >= 11 is 3.31. The van der Waals surface area contributed by atoms with Crippen LogP contribution >= 0.6 is 15.9 Å². The van der Waals surface area contributed by atoms with E-state index < -0.39 is 12.1 Å². The summed E-state index contributed by atoms with van der Waals surface area (Å²) in [6, 6.07) is 2.03. The Kier molecular flexibility index (Phi) is 3.72. The first-order chi connectivity index (χ1) is 8.49. The summed E-state index contributed by atoms with van der Waals surface area (Å²) in [5.74, 6) is -1.73. The third-order valence-corrected chi connectivity index (χ3v) is 3.16. The number of aliphatic carboxylic acids is 1. The van der Waals surface area contributed by atoms with Gasteiger partial charge >= 0.3 is 5.97 Å². The summed E-state index contributed by atoms with van der Waals surface area (Å²) in [4.78, 5) is 22.3. The summed E-state index contributed by atoms with van der Waals surface area (Å²) in [5.41, 5.74) is 0.474. The molecular formula is C11H13BrN2O4. The summed E-state index contributed by atoms with van der Waals surface area (Å²) in [5, 5.41) is 20.0. The molecule has 0 aliphatic heterocycles. The van der Waals surface area contributed by atoms with Crippen LogP contribution in [0.3, 0.4) is 0 Å². The zero-order chi connectivity index (χ0) is 13.3. The average molecular weight is 317 g/mol. The summed E-state index contributed by atoms with van der Waals surface area (Å²) in [6.07, 6.45) is 2.33. The van der Waals surface area contributed by atoms with E-state index in [9.17, 15) is 9.59 Å². The molecule has 18 heavy (non-hydrogen) atoms. The molecule has 1 fully saturated rings. The van der Waals surface area contributed by atoms with Crippen LogP contribution in [0.15, 0.2) is 16.7 Å². The molecule has 0 spiro atoms. The van der Waals surface area contributed by atoms with E-state index >= 15 is 0 Å². The van der Waals surface area contributed by atoms with Crippen molar-refractivity contribution >= 4 is 27.8 Å². The van der Waals surface area contributed by atoms with Gasteiger partial charge in [-0.15, -0.1) is 0 Å². The van der Waals surface area contributed by atoms with Crippen LogP contribution in [0, 0.1) is 0 Å². The van der Waals surface area contributed by atoms with E-state index in [0.29, 0.717) is 11.7 Å². The van der Waals surface area contributed by atoms with E-state index in [0.717, 1.165) is 17.3 Å². The van der Waals surface area contributed by atoms with Crippen molar-refractivity contribution in [1.29, 1.82) is 0 Å². The van der Waals surface area contributed by atoms with Crippen LogP contribution in [0.4, 0.5) is 0 Å². The number of hydrogen-bond acceptors (Lipinski definition) is 3. The standard InChI is InChI=1S/C11H13BrN2O4/c12-6-3-8(14(5-6)7-1-2-7)10(16)13-4-9(15)11(17)18/h3,5,7,9,15H,1-2,4H2,(H,13,16)(H,17,18). The Morgan fingerprint density at radius 3 is 2.78 bits per heavy atom. The van der Waals surface area contributed by atoms with Crippen molar-refractivity contribution < 1.29 is 19.8 Å². The van der Waals surface area contributed by atoms with E-state index in [-0.39, 0.29) is 12.5 Å². The molecule has 1 aromatic heterocycles. The number of nitrogens with zero attached hydrogens (tertiary/aromatic N) is 1. The number of halogens is 1. The summed E-state index contributed by atoms with van der Waals surface area (Å²) in [7, 11) is 0. The van der Waals surface area contributed by atoms with E-state index in [1.54, 1.807) is 6.07 Å². The lowest BCUT2D eigenvalue weighted by Gasteiger charge is -2.10. The van der Waals surface area contributed by atoms with Gasteiger partial charge in [-0.05, 0) is 34.8 Å². The van der Waals surface area contributed by atoms with Gasteiger partial charge in [-0.1, -0.05) is 0 Å². The zero-order valence-corrected chi connectivity index (χ0v) is 11.1. The van der Waals surface area contributed by atoms with Crippen LogP contribution in [0.25, 0.3) is 0 Å². The molecule has 1 aromatic rings. The minimum Gasteiger partial charge on any atom is -0.479 e. The first-order valence-electron chi connectivity index (χ1n) is 5.55. The molecular weight excluding hydrogens is 304 g/mol. The van der Waals surface area contributed by atoms with Crippen LogP contribution in [-0.2, 0) is 4.79 Å². The van der Waals surface area contributed by atoms with Crippen molar-refractivity contribution in [3.05, 3.63) is 22.4 Å². The minimum atomic E-state index is -1.58. The van der Waals surface area contributed by atoms with Crippen molar-refractivity contribution in [2.75, 3.05) is 6.54 Å². The van der Waals surface area contributed by atoms with Gasteiger partial charge in [0.15, 0.2) is 6.10 Å². The number of carboxylic acids is 1. The second kappa shape index (κ2) is 5.11. The van der Waals surface area contributed by atoms with Crippen molar-refractivity contribution in [3.8, 4) is 0 Å². The van der Waals surface area contributed by atoms with Crippen molar-refractivity contribution in [2.45, 2.75) is 25.0 Å². The van der Waals surface area contributed by atoms with Crippen LogP contribution in [0.1, 0.15) is 29.4 Å². The Labute approximate surface area is 112 Å². The van der Waals surface area contributed by atoms with Gasteiger partial charge in [0.2, 0.25) is 0 Å². The lowest BCUT2D eigenvalue weighted by atomic mass is 10.3. The monoisotopic (exact) mass is 316 g/mol. The summed E-state index contributed by atoms with van der Waals surface area (Å²) < 4.78 is 2.67. The number of carboxylic acid groups (broad SMARTS) is 1. The Balaban J connectivity index is 2.02. The molecule has 1 saturated carbocycles. The largest absolute Gasteiger partial charge is 0.479 e. The van der Waals surface area contributed by atoms with E-state index in [4.69, 9.17) is 10.2 Å². The first kappa shape index (κ1) is 13.1. The Morgan fingerprint density at radius 1 is 1.56 bits per heavy atom. The van der Waals surface area contributed by atoms with Gasteiger partial charge in [-0.25, -0.2) is 4.79 Å². The van der Waals surface area contributed by atoms with Crippen LogP contribution in [0.2, 0.25) is 0 Å². The van der Waals surface area contributed by atoms with Gasteiger partial charge in [0.1, 0.15) is 5.69 Å². The van der Waals surface area contributed by atoms with Crippen LogP contribution < -0.4 is 5.32 Å². The zero-order valence-electron chi connectivity index (χ0n) is 9.47. The molecule has 98 valence electrons. The van der Waals surface area contributed by atoms with Crippen molar-refractivity contribution in [1.82, 2.24) is 9.88 Å². The molecule has 1 aliphatic rings. The lowest BCUT2D eigenvalue weighted by Crippen LogP contribution is -2.37. The molecule has 1 heterocycles. The smallest absolute Gasteiger partial charge is 0.334 e. The highest BCUT2D eigenvalue weighted by atomic mass is 79.9. The topological polar surface area (TPSA) is 91.6 Å². The highest BCUT2D eigenvalue weighted by Crippen LogP contribution is 2.37. The number of carbonyl (C=O) groups excluding carboxylic acids is 1. The first-order valence-corrected chi connectivity index (χ1v) is 6.35. The Bertz CT molecular complexity index is 481. The Morgan fingerprint density at radius 2 is 2.22 bits per heavy atom. The number of aliphatic hydroxyl groups excluding tert-OH is 1. The number of carbonyl (C=O) groups is 2. The second-order valence-electron chi connectivity index (χ2n) is 4.25. The SMILES string of the molecule is O=C(NCC(O)C(=O)O)c1cc(Br)cn1C1CC1. The number of aliphatic hydroxyl groups is 1. The molecule has 2 rings (SSSR count). The van der Waals surface area contributed by atoms with Gasteiger partial charge in [0, 0.05) is 16.7 Å². The molecule has 1 unspecified atom stereocenters. The minimum absolute atomic E-state index is 0.304. The molecule has 6 nitrogen and oxygen atoms in total. The molecule has 7 heteroatoms. The summed E-state index contributed by atoms with van der Waals surface area (Å²) in [6.45, 7) is -0.304. The molecule has 1 aliphatic carbocycles. The van der Waals surface area contributed by atoms with Gasteiger partial charge in [0.05, 0.1) is 6.54 Å². The number of rotatable bonds is 5. The fraction of sp³-hybridized carbons (Fsp3) is 0.455. The lowest BCUT2D eigenvalue weighted by molar-refractivity contribution is -0.146. The van der Waals surface area contributed by atoms with Crippen molar-refractivity contribution in [2.24, 2.45) is 0 Å². The molecule has 0 aromatic carbocycles. The van der Waals surface area contributed by atoms with Gasteiger partial charge in [-0.3, -0.25) is 4.79 Å². The number of amides is 1. The Hall–Kier alpha value is -1.34. The fourth-order valence-corrected chi connectivity index (χ4v) is 2.09. The molecule has 0 bridgehead atoms. The van der Waals surface area contributed by atoms with E-state index in [1.165, 1.54) is 0 Å². The van der Waals surface area contributed by atoms with Gasteiger partial charge < -0.3 is 20.1 Å².